The Balaban J connectivity index is 1.62. The number of ketones is 2. The van der Waals surface area contributed by atoms with Crippen molar-refractivity contribution in [2.75, 3.05) is 0 Å². The van der Waals surface area contributed by atoms with E-state index in [4.69, 9.17) is 0 Å². The molecule has 0 heterocycles. The highest BCUT2D eigenvalue weighted by Gasteiger charge is 2.61. The zero-order valence-electron chi connectivity index (χ0n) is 12.8. The molecule has 5 aliphatic carbocycles. The molecule has 6 atom stereocenters. The van der Waals surface area contributed by atoms with E-state index >= 15 is 0 Å². The molecule has 0 radical (unpaired) electrons. The van der Waals surface area contributed by atoms with Crippen LogP contribution in [0.4, 0.5) is 0 Å². The number of carbonyl (C=O) groups excluding carboxylic acids is 2. The molecule has 6 unspecified atom stereocenters. The Morgan fingerprint density at radius 1 is 0.619 bits per heavy atom. The smallest absolute Gasteiger partial charge is 0.143 e. The van der Waals surface area contributed by atoms with E-state index in [2.05, 4.69) is 0 Å². The average Bonchev–Trinajstić information content (AvgIpc) is 2.47. The van der Waals surface area contributed by atoms with Crippen molar-refractivity contribution in [3.8, 4) is 0 Å². The maximum absolute atomic E-state index is 12.7. The Morgan fingerprint density at radius 3 is 1.62 bits per heavy atom. The van der Waals surface area contributed by atoms with Crippen LogP contribution in [0.3, 0.4) is 0 Å². The van der Waals surface area contributed by atoms with Crippen molar-refractivity contribution in [1.82, 2.24) is 0 Å². The molecule has 5 aliphatic rings. The molecule has 0 saturated heterocycles. The number of Topliss-reactive ketones (excluding diaryl/α,β-unsaturated/α-hetero) is 2. The van der Waals surface area contributed by atoms with Gasteiger partial charge in [0.2, 0.25) is 0 Å². The molecule has 5 fully saturated rings. The molecule has 0 aromatic heterocycles. The molecule has 0 aromatic carbocycles. The molecule has 114 valence electrons. The lowest BCUT2D eigenvalue weighted by molar-refractivity contribution is -0.168. The third-order valence-corrected chi connectivity index (χ3v) is 7.98. The van der Waals surface area contributed by atoms with E-state index < -0.39 is 0 Å². The normalized spacial score (nSPS) is 55.0. The fraction of sp³-hybridized carbons (Fsp3) is 0.895. The van der Waals surface area contributed by atoms with E-state index in [1.165, 1.54) is 44.9 Å². The van der Waals surface area contributed by atoms with E-state index in [1.807, 2.05) is 0 Å². The van der Waals surface area contributed by atoms with Crippen LogP contribution < -0.4 is 0 Å². The van der Waals surface area contributed by atoms with Crippen molar-refractivity contribution >= 4 is 11.6 Å². The van der Waals surface area contributed by atoms with Gasteiger partial charge in [-0.15, -0.1) is 0 Å². The third-order valence-electron chi connectivity index (χ3n) is 7.98. The summed E-state index contributed by atoms with van der Waals surface area (Å²) in [7, 11) is 0. The predicted molar refractivity (Wildman–Crippen MR) is 79.5 cm³/mol. The van der Waals surface area contributed by atoms with Crippen LogP contribution in [0.5, 0.6) is 0 Å². The lowest BCUT2D eigenvalue weighted by Crippen LogP contribution is -2.60. The van der Waals surface area contributed by atoms with Crippen LogP contribution in [-0.2, 0) is 9.59 Å². The molecule has 2 nitrogen and oxygen atoms in total. The van der Waals surface area contributed by atoms with Gasteiger partial charge in [-0.25, -0.2) is 0 Å². The standard InChI is InChI=1S/C19H26O2/c20-14-8-12-5-1-3-10-7-11-4-2-6-13-9-15(21)18(14)19(16(10)12)17(11)13/h10-13,16-19H,1-9H2. The second-order valence-corrected chi connectivity index (χ2v) is 8.69. The first-order chi connectivity index (χ1) is 10.2. The Labute approximate surface area is 127 Å². The maximum Gasteiger partial charge on any atom is 0.143 e. The average molecular weight is 286 g/mol. The lowest BCUT2D eigenvalue weighted by Gasteiger charge is -2.61. The molecule has 5 rings (SSSR count). The molecule has 2 heteroatoms. The summed E-state index contributed by atoms with van der Waals surface area (Å²) in [6.07, 6.45) is 10.8. The summed E-state index contributed by atoms with van der Waals surface area (Å²) in [5.41, 5.74) is 0. The minimum atomic E-state index is -0.172. The van der Waals surface area contributed by atoms with Gasteiger partial charge < -0.3 is 0 Å². The predicted octanol–water partition coefficient (Wildman–Crippen LogP) is 3.63. The highest BCUT2D eigenvalue weighted by Crippen LogP contribution is 2.63. The van der Waals surface area contributed by atoms with Crippen molar-refractivity contribution in [2.45, 2.75) is 57.8 Å². The van der Waals surface area contributed by atoms with E-state index in [0.717, 1.165) is 36.5 Å². The minimum Gasteiger partial charge on any atom is -0.299 e. The van der Waals surface area contributed by atoms with Gasteiger partial charge in [0.1, 0.15) is 11.6 Å². The molecule has 0 N–H and O–H groups in total. The lowest BCUT2D eigenvalue weighted by atomic mass is 9.42. The van der Waals surface area contributed by atoms with Crippen molar-refractivity contribution in [2.24, 2.45) is 47.3 Å². The van der Waals surface area contributed by atoms with E-state index in [9.17, 15) is 9.59 Å². The quantitative estimate of drug-likeness (QED) is 0.637. The number of hydrogen-bond donors (Lipinski definition) is 0. The van der Waals surface area contributed by atoms with Gasteiger partial charge in [0.25, 0.3) is 0 Å². The SMILES string of the molecule is O=C1CC2CCCC3CC4CCCC5CC(=O)C1C(C23)C54. The van der Waals surface area contributed by atoms with Crippen LogP contribution in [0.2, 0.25) is 0 Å². The molecule has 0 bridgehead atoms. The topological polar surface area (TPSA) is 34.1 Å². The first-order valence-corrected chi connectivity index (χ1v) is 9.29. The summed E-state index contributed by atoms with van der Waals surface area (Å²) in [4.78, 5) is 25.3. The summed E-state index contributed by atoms with van der Waals surface area (Å²) in [5, 5.41) is 0. The van der Waals surface area contributed by atoms with Crippen molar-refractivity contribution in [3.63, 3.8) is 0 Å². The molecule has 0 spiro atoms. The van der Waals surface area contributed by atoms with Crippen LogP contribution in [0.15, 0.2) is 0 Å². The Kier molecular flexibility index (Phi) is 2.71. The van der Waals surface area contributed by atoms with Crippen molar-refractivity contribution < 1.29 is 9.59 Å². The summed E-state index contributed by atoms with van der Waals surface area (Å²) in [6, 6.07) is 0. The van der Waals surface area contributed by atoms with Crippen LogP contribution in [0.25, 0.3) is 0 Å². The molecule has 0 amide bonds. The summed E-state index contributed by atoms with van der Waals surface area (Å²) < 4.78 is 0. The third kappa shape index (κ3) is 1.65. The zero-order chi connectivity index (χ0) is 14.1. The van der Waals surface area contributed by atoms with Crippen LogP contribution in [0.1, 0.15) is 57.8 Å². The number of carbonyl (C=O) groups is 2. The molecule has 21 heavy (non-hydrogen) atoms. The van der Waals surface area contributed by atoms with Gasteiger partial charge in [-0.3, -0.25) is 9.59 Å². The van der Waals surface area contributed by atoms with E-state index in [1.54, 1.807) is 0 Å². The summed E-state index contributed by atoms with van der Waals surface area (Å²) in [5.74, 6) is 5.36. The fourth-order valence-corrected chi connectivity index (χ4v) is 7.58. The van der Waals surface area contributed by atoms with Crippen molar-refractivity contribution in [1.29, 1.82) is 0 Å². The summed E-state index contributed by atoms with van der Waals surface area (Å²) in [6.45, 7) is 0. The maximum atomic E-state index is 12.7. The number of rotatable bonds is 0. The summed E-state index contributed by atoms with van der Waals surface area (Å²) >= 11 is 0. The number of hydrogen-bond acceptors (Lipinski definition) is 2. The Morgan fingerprint density at radius 2 is 1.10 bits per heavy atom. The Hall–Kier alpha value is -0.660. The van der Waals surface area contributed by atoms with Gasteiger partial charge in [-0.1, -0.05) is 25.7 Å². The highest BCUT2D eigenvalue weighted by atomic mass is 16.2. The van der Waals surface area contributed by atoms with Crippen molar-refractivity contribution in [3.05, 3.63) is 0 Å². The van der Waals surface area contributed by atoms with Crippen LogP contribution in [-0.4, -0.2) is 11.6 Å². The largest absolute Gasteiger partial charge is 0.299 e. The molecule has 0 aliphatic heterocycles. The van der Waals surface area contributed by atoms with Gasteiger partial charge in [-0.05, 0) is 60.7 Å². The first-order valence-electron chi connectivity index (χ1n) is 9.29. The van der Waals surface area contributed by atoms with E-state index in [-0.39, 0.29) is 5.92 Å². The molecular weight excluding hydrogens is 260 g/mol. The fourth-order valence-electron chi connectivity index (χ4n) is 7.58. The monoisotopic (exact) mass is 286 g/mol. The highest BCUT2D eigenvalue weighted by molar-refractivity contribution is 6.04. The van der Waals surface area contributed by atoms with Gasteiger partial charge >= 0.3 is 0 Å². The Bertz CT molecular complexity index is 454. The minimum absolute atomic E-state index is 0.172. The van der Waals surface area contributed by atoms with Crippen LogP contribution >= 0.6 is 0 Å². The molecular formula is C19H26O2. The molecule has 0 aromatic rings. The zero-order valence-corrected chi connectivity index (χ0v) is 12.8. The second kappa shape index (κ2) is 4.43. The van der Waals surface area contributed by atoms with Gasteiger partial charge in [-0.2, -0.15) is 0 Å². The van der Waals surface area contributed by atoms with Crippen LogP contribution in [0, 0.1) is 47.3 Å². The van der Waals surface area contributed by atoms with Gasteiger partial charge in [0, 0.05) is 12.8 Å². The van der Waals surface area contributed by atoms with E-state index in [0.29, 0.717) is 29.3 Å². The molecule has 5 saturated carbocycles. The van der Waals surface area contributed by atoms with Gasteiger partial charge in [0.15, 0.2) is 0 Å². The second-order valence-electron chi connectivity index (χ2n) is 8.69. The van der Waals surface area contributed by atoms with Gasteiger partial charge in [0.05, 0.1) is 5.92 Å². The first kappa shape index (κ1) is 12.8.